The highest BCUT2D eigenvalue weighted by molar-refractivity contribution is 5.86. The molecule has 156 valence electrons. The maximum Gasteiger partial charge on any atom is 0.407 e. The van der Waals surface area contributed by atoms with Gasteiger partial charge in [0.2, 0.25) is 5.91 Å². The van der Waals surface area contributed by atoms with Gasteiger partial charge in [0.15, 0.2) is 11.6 Å². The van der Waals surface area contributed by atoms with Crippen LogP contribution in [-0.2, 0) is 16.1 Å². The van der Waals surface area contributed by atoms with E-state index >= 15 is 0 Å². The van der Waals surface area contributed by atoms with E-state index in [0.29, 0.717) is 6.54 Å². The van der Waals surface area contributed by atoms with Crippen molar-refractivity contribution in [3.05, 3.63) is 35.4 Å². The molecule has 0 unspecified atom stereocenters. The third kappa shape index (κ3) is 6.44. The van der Waals surface area contributed by atoms with Gasteiger partial charge in [0.1, 0.15) is 6.04 Å². The van der Waals surface area contributed by atoms with Crippen molar-refractivity contribution in [3.8, 4) is 0 Å². The summed E-state index contributed by atoms with van der Waals surface area (Å²) in [6, 6.07) is 3.30. The quantitative estimate of drug-likeness (QED) is 0.742. The van der Waals surface area contributed by atoms with Crippen LogP contribution in [0.5, 0.6) is 0 Å². The molecule has 2 rings (SSSR count). The maximum absolute atomic E-state index is 13.3. The number of carbonyl (C=O) groups excluding carboxylic acids is 2. The molecule has 0 spiro atoms. The van der Waals surface area contributed by atoms with Crippen molar-refractivity contribution in [1.82, 2.24) is 15.5 Å². The molecule has 0 saturated carbocycles. The Hall–Kier alpha value is -2.22. The molecule has 8 heteroatoms. The van der Waals surface area contributed by atoms with Gasteiger partial charge in [0.25, 0.3) is 0 Å². The highest BCUT2D eigenvalue weighted by Crippen LogP contribution is 2.16. The van der Waals surface area contributed by atoms with E-state index in [1.807, 2.05) is 13.8 Å². The fraction of sp³-hybridized carbons (Fsp3) is 0.600. The first-order valence-electron chi connectivity index (χ1n) is 9.70. The summed E-state index contributed by atoms with van der Waals surface area (Å²) < 4.78 is 31.2. The van der Waals surface area contributed by atoms with E-state index in [1.165, 1.54) is 6.07 Å². The van der Waals surface area contributed by atoms with Crippen LogP contribution in [-0.4, -0.2) is 48.7 Å². The van der Waals surface area contributed by atoms with E-state index in [1.54, 1.807) is 13.0 Å². The molecule has 2 N–H and O–H groups in total. The number of nitrogens with zero attached hydrogens (tertiary/aromatic N) is 1. The predicted molar refractivity (Wildman–Crippen MR) is 102 cm³/mol. The zero-order valence-corrected chi connectivity index (χ0v) is 16.6. The van der Waals surface area contributed by atoms with Crippen LogP contribution in [0.25, 0.3) is 0 Å². The lowest BCUT2D eigenvalue weighted by Crippen LogP contribution is -2.54. The first-order valence-corrected chi connectivity index (χ1v) is 9.70. The number of piperidine rings is 1. The molecule has 1 aliphatic rings. The average molecular weight is 397 g/mol. The fourth-order valence-electron chi connectivity index (χ4n) is 3.26. The number of halogens is 2. The summed E-state index contributed by atoms with van der Waals surface area (Å²) in [6.45, 7) is 7.69. The molecule has 0 radical (unpaired) electrons. The molecule has 1 fully saturated rings. The second-order valence-electron chi connectivity index (χ2n) is 7.39. The van der Waals surface area contributed by atoms with E-state index in [4.69, 9.17) is 4.74 Å². The second kappa shape index (κ2) is 10.4. The van der Waals surface area contributed by atoms with Crippen LogP contribution < -0.4 is 10.6 Å². The normalized spacial score (nSPS) is 16.6. The first-order chi connectivity index (χ1) is 13.3. The summed E-state index contributed by atoms with van der Waals surface area (Å²) in [5, 5.41) is 5.61. The Kier molecular flexibility index (Phi) is 8.17. The van der Waals surface area contributed by atoms with E-state index in [9.17, 15) is 18.4 Å². The predicted octanol–water partition coefficient (Wildman–Crippen LogP) is 2.82. The van der Waals surface area contributed by atoms with E-state index in [0.717, 1.165) is 37.6 Å². The fourth-order valence-corrected chi connectivity index (χ4v) is 3.26. The Morgan fingerprint density at radius 1 is 1.21 bits per heavy atom. The van der Waals surface area contributed by atoms with Crippen LogP contribution in [0.15, 0.2) is 18.2 Å². The van der Waals surface area contributed by atoms with Crippen molar-refractivity contribution in [2.24, 2.45) is 5.92 Å². The lowest BCUT2D eigenvalue weighted by atomic mass is 10.0. The summed E-state index contributed by atoms with van der Waals surface area (Å²) in [7, 11) is 0. The van der Waals surface area contributed by atoms with Crippen molar-refractivity contribution < 1.29 is 23.1 Å². The molecule has 1 heterocycles. The minimum Gasteiger partial charge on any atom is -0.450 e. The van der Waals surface area contributed by atoms with Gasteiger partial charge in [-0.3, -0.25) is 9.69 Å². The molecule has 0 aromatic heterocycles. The first kappa shape index (κ1) is 22.1. The monoisotopic (exact) mass is 397 g/mol. The molecular weight excluding hydrogens is 368 g/mol. The molecule has 1 aliphatic heterocycles. The topological polar surface area (TPSA) is 70.7 Å². The zero-order valence-electron chi connectivity index (χ0n) is 16.6. The molecule has 1 saturated heterocycles. The van der Waals surface area contributed by atoms with Crippen molar-refractivity contribution in [1.29, 1.82) is 0 Å². The lowest BCUT2D eigenvalue weighted by molar-refractivity contribution is -0.125. The van der Waals surface area contributed by atoms with Crippen LogP contribution in [0.2, 0.25) is 0 Å². The number of likely N-dealkylation sites (tertiary alicyclic amines) is 1. The molecule has 6 nitrogen and oxygen atoms in total. The van der Waals surface area contributed by atoms with Gasteiger partial charge in [0.05, 0.1) is 6.61 Å². The largest absolute Gasteiger partial charge is 0.450 e. The van der Waals surface area contributed by atoms with Gasteiger partial charge in [-0.15, -0.1) is 0 Å². The van der Waals surface area contributed by atoms with Gasteiger partial charge in [-0.2, -0.15) is 0 Å². The van der Waals surface area contributed by atoms with Crippen molar-refractivity contribution in [3.63, 3.8) is 0 Å². The minimum absolute atomic E-state index is 0.0129. The summed E-state index contributed by atoms with van der Waals surface area (Å²) in [6.07, 6.45) is 0.900. The van der Waals surface area contributed by atoms with Gasteiger partial charge in [-0.25, -0.2) is 13.6 Å². The van der Waals surface area contributed by atoms with Gasteiger partial charge >= 0.3 is 6.09 Å². The summed E-state index contributed by atoms with van der Waals surface area (Å²) in [4.78, 5) is 26.4. The second-order valence-corrected chi connectivity index (χ2v) is 7.39. The van der Waals surface area contributed by atoms with Crippen molar-refractivity contribution >= 4 is 12.0 Å². The summed E-state index contributed by atoms with van der Waals surface area (Å²) >= 11 is 0. The molecule has 1 aromatic rings. The summed E-state index contributed by atoms with van der Waals surface area (Å²) in [5.74, 6) is -1.98. The van der Waals surface area contributed by atoms with E-state index < -0.39 is 23.8 Å². The zero-order chi connectivity index (χ0) is 20.7. The lowest BCUT2D eigenvalue weighted by Gasteiger charge is -2.33. The number of alkyl carbamates (subject to hydrolysis) is 1. The number of ether oxygens (including phenoxy) is 1. The smallest absolute Gasteiger partial charge is 0.407 e. The number of amides is 2. The number of hydrogen-bond donors (Lipinski definition) is 2. The van der Waals surface area contributed by atoms with Crippen LogP contribution in [0, 0.1) is 17.6 Å². The maximum atomic E-state index is 13.3. The van der Waals surface area contributed by atoms with Crippen LogP contribution >= 0.6 is 0 Å². The van der Waals surface area contributed by atoms with Crippen LogP contribution in [0.3, 0.4) is 0 Å². The number of benzene rings is 1. The Bertz CT molecular complexity index is 677. The third-order valence-corrected chi connectivity index (χ3v) is 4.82. The highest BCUT2D eigenvalue weighted by atomic mass is 19.2. The van der Waals surface area contributed by atoms with Gasteiger partial charge in [-0.1, -0.05) is 19.9 Å². The number of hydrogen-bond acceptors (Lipinski definition) is 4. The third-order valence-electron chi connectivity index (χ3n) is 4.82. The Morgan fingerprint density at radius 2 is 1.89 bits per heavy atom. The SMILES string of the molecule is CCOC(=O)N[C@H](C(=O)NC1CCN(Cc2ccc(F)c(F)c2)CC1)C(C)C. The minimum atomic E-state index is -0.846. The van der Waals surface area contributed by atoms with Crippen LogP contribution in [0.4, 0.5) is 13.6 Å². The Balaban J connectivity index is 1.82. The van der Waals surface area contributed by atoms with Gasteiger partial charge in [0, 0.05) is 25.7 Å². The van der Waals surface area contributed by atoms with Crippen LogP contribution in [0.1, 0.15) is 39.2 Å². The van der Waals surface area contributed by atoms with E-state index in [2.05, 4.69) is 15.5 Å². The van der Waals surface area contributed by atoms with Crippen molar-refractivity contribution in [2.45, 2.75) is 52.2 Å². The summed E-state index contributed by atoms with van der Waals surface area (Å²) in [5.41, 5.74) is 0.722. The molecule has 1 atom stereocenters. The molecule has 28 heavy (non-hydrogen) atoms. The number of carbonyl (C=O) groups is 2. The molecule has 2 amide bonds. The van der Waals surface area contributed by atoms with E-state index in [-0.39, 0.29) is 24.5 Å². The van der Waals surface area contributed by atoms with Gasteiger partial charge in [-0.05, 0) is 43.4 Å². The molecule has 0 aliphatic carbocycles. The number of rotatable bonds is 7. The van der Waals surface area contributed by atoms with Gasteiger partial charge < -0.3 is 15.4 Å². The standard InChI is InChI=1S/C20H29F2N3O3/c1-4-28-20(27)24-18(13(2)3)19(26)23-15-7-9-25(10-8-15)12-14-5-6-16(21)17(22)11-14/h5-6,11,13,15,18H,4,7-10,12H2,1-3H3,(H,23,26)(H,24,27)/t18-/m0/s1. The Morgan fingerprint density at radius 3 is 2.46 bits per heavy atom. The molecular formula is C20H29F2N3O3. The number of nitrogens with one attached hydrogen (secondary N) is 2. The average Bonchev–Trinajstić information content (AvgIpc) is 2.64. The molecule has 0 bridgehead atoms. The molecule has 1 aromatic carbocycles. The highest BCUT2D eigenvalue weighted by Gasteiger charge is 2.28. The Labute approximate surface area is 164 Å². The van der Waals surface area contributed by atoms with Crippen molar-refractivity contribution in [2.75, 3.05) is 19.7 Å².